The van der Waals surface area contributed by atoms with Crippen LogP contribution in [0.1, 0.15) is 107 Å². The van der Waals surface area contributed by atoms with Gasteiger partial charge in [0, 0.05) is 29.9 Å². The smallest absolute Gasteiger partial charge is 0.123 e. The molecule has 1 aliphatic carbocycles. The van der Waals surface area contributed by atoms with Gasteiger partial charge in [0.05, 0.1) is 0 Å². The largest absolute Gasteiger partial charge is 0.375 e. The third-order valence-corrected chi connectivity index (χ3v) is 10.5. The lowest BCUT2D eigenvalue weighted by molar-refractivity contribution is 0.101. The van der Waals surface area contributed by atoms with Crippen LogP contribution in [0.15, 0.2) is 73.6 Å². The summed E-state index contributed by atoms with van der Waals surface area (Å²) in [6.07, 6.45) is 14.5. The number of nitrogens with zero attached hydrogens (tertiary/aromatic N) is 2. The Bertz CT molecular complexity index is 1140. The van der Waals surface area contributed by atoms with E-state index in [0.717, 1.165) is 34.5 Å². The molecule has 242 valence electrons. The molecule has 2 aromatic carbocycles. The standard InChI is InChI=1S/C30H47FN2.C7H7Cl.C3H4/c1-23-19-27(21-28(31)20-23)24(2)9-8-10-25(3)30(13-14-30)22-26(4)32-17-11-29(12-18-32)33-15-6-5-7-16-33;1-6-2-4-7(8)5-3-6;1-3-2/h19-21,24-25,29H,4-18,22H2,1-3H3;2-5H,1H3;1-2H2/t24-,25?;;/m0../s1. The highest BCUT2D eigenvalue weighted by Crippen LogP contribution is 2.57. The van der Waals surface area contributed by atoms with Gasteiger partial charge in [0.15, 0.2) is 0 Å². The lowest BCUT2D eigenvalue weighted by Gasteiger charge is -2.42. The van der Waals surface area contributed by atoms with Gasteiger partial charge in [-0.25, -0.2) is 4.39 Å². The highest BCUT2D eigenvalue weighted by molar-refractivity contribution is 6.30. The third kappa shape index (κ3) is 11.6. The maximum absolute atomic E-state index is 13.8. The molecule has 2 saturated heterocycles. The number of benzene rings is 2. The van der Waals surface area contributed by atoms with Crippen LogP contribution in [-0.4, -0.2) is 42.0 Å². The molecule has 0 bridgehead atoms. The second-order valence-corrected chi connectivity index (χ2v) is 14.2. The Hall–Kier alpha value is -2.32. The molecule has 0 N–H and O–H groups in total. The van der Waals surface area contributed by atoms with E-state index >= 15 is 0 Å². The number of hydrogen-bond donors (Lipinski definition) is 0. The number of halogens is 2. The summed E-state index contributed by atoms with van der Waals surface area (Å²) in [5, 5.41) is 0.801. The van der Waals surface area contributed by atoms with Crippen LogP contribution >= 0.6 is 11.6 Å². The normalized spacial score (nSPS) is 19.4. The van der Waals surface area contributed by atoms with Gasteiger partial charge in [-0.05, 0) is 131 Å². The summed E-state index contributed by atoms with van der Waals surface area (Å²) in [5.41, 5.74) is 7.58. The SMILES string of the molecule is C=C(CC1(C(C)CCC[C@H](C)c2cc(C)cc(F)c2)CC1)N1CCC(N2CCCCC2)CC1.C=C=C.Cc1ccc(Cl)cc1. The van der Waals surface area contributed by atoms with Gasteiger partial charge in [-0.1, -0.05) is 88.2 Å². The fraction of sp³-hybridized carbons (Fsp3) is 0.575. The number of allylic oxidation sites excluding steroid dienone is 1. The first-order chi connectivity index (χ1) is 21.1. The van der Waals surface area contributed by atoms with E-state index in [1.54, 1.807) is 12.1 Å². The van der Waals surface area contributed by atoms with E-state index in [1.807, 2.05) is 38.1 Å². The van der Waals surface area contributed by atoms with Gasteiger partial charge >= 0.3 is 0 Å². The van der Waals surface area contributed by atoms with Crippen LogP contribution in [0.25, 0.3) is 0 Å². The molecule has 2 heterocycles. The third-order valence-electron chi connectivity index (χ3n) is 10.2. The Kier molecular flexibility index (Phi) is 14.8. The molecule has 2 aliphatic heterocycles. The van der Waals surface area contributed by atoms with Gasteiger partial charge < -0.3 is 9.80 Å². The van der Waals surface area contributed by atoms with Crippen molar-refractivity contribution < 1.29 is 4.39 Å². The van der Waals surface area contributed by atoms with E-state index in [1.165, 1.54) is 102 Å². The molecule has 3 aliphatic rings. The maximum Gasteiger partial charge on any atom is 0.123 e. The highest BCUT2D eigenvalue weighted by Gasteiger charge is 2.47. The second kappa shape index (κ2) is 18.0. The quantitative estimate of drug-likeness (QED) is 0.244. The first-order valence-corrected chi connectivity index (χ1v) is 17.4. The van der Waals surface area contributed by atoms with Crippen LogP contribution in [0.2, 0.25) is 5.02 Å². The number of likely N-dealkylation sites (tertiary alicyclic amines) is 2. The van der Waals surface area contributed by atoms with Crippen LogP contribution in [0.4, 0.5) is 4.39 Å². The van der Waals surface area contributed by atoms with E-state index in [9.17, 15) is 4.39 Å². The minimum atomic E-state index is -0.0966. The first kappa shape index (κ1) is 36.2. The zero-order valence-corrected chi connectivity index (χ0v) is 28.9. The Balaban J connectivity index is 0.000000408. The van der Waals surface area contributed by atoms with Crippen molar-refractivity contribution in [3.05, 3.63) is 101 Å². The summed E-state index contributed by atoms with van der Waals surface area (Å²) in [6.45, 7) is 24.6. The average Bonchev–Trinajstić information content (AvgIpc) is 3.80. The fourth-order valence-corrected chi connectivity index (χ4v) is 7.26. The van der Waals surface area contributed by atoms with Gasteiger partial charge in [-0.15, -0.1) is 5.73 Å². The van der Waals surface area contributed by atoms with E-state index in [0.29, 0.717) is 11.3 Å². The van der Waals surface area contributed by atoms with Gasteiger partial charge in [-0.3, -0.25) is 0 Å². The van der Waals surface area contributed by atoms with Crippen molar-refractivity contribution in [2.75, 3.05) is 26.2 Å². The van der Waals surface area contributed by atoms with Crippen molar-refractivity contribution in [2.24, 2.45) is 11.3 Å². The Morgan fingerprint density at radius 3 is 2.09 bits per heavy atom. The summed E-state index contributed by atoms with van der Waals surface area (Å²) >= 11 is 5.61. The molecule has 0 spiro atoms. The Morgan fingerprint density at radius 1 is 0.932 bits per heavy atom. The van der Waals surface area contributed by atoms with Crippen LogP contribution in [0, 0.1) is 31.0 Å². The van der Waals surface area contributed by atoms with Crippen LogP contribution in [-0.2, 0) is 0 Å². The highest BCUT2D eigenvalue weighted by atomic mass is 35.5. The van der Waals surface area contributed by atoms with Gasteiger partial charge in [0.25, 0.3) is 0 Å². The molecular weight excluding hydrogens is 563 g/mol. The van der Waals surface area contributed by atoms with Crippen molar-refractivity contribution in [2.45, 2.75) is 110 Å². The van der Waals surface area contributed by atoms with Crippen LogP contribution < -0.4 is 0 Å². The van der Waals surface area contributed by atoms with Gasteiger partial charge in [0.1, 0.15) is 5.82 Å². The summed E-state index contributed by atoms with van der Waals surface area (Å²) in [6, 6.07) is 14.1. The number of rotatable bonds is 10. The maximum atomic E-state index is 13.8. The van der Waals surface area contributed by atoms with Crippen molar-refractivity contribution in [1.82, 2.24) is 9.80 Å². The molecule has 2 aromatic rings. The molecule has 44 heavy (non-hydrogen) atoms. The zero-order chi connectivity index (χ0) is 32.1. The molecule has 0 radical (unpaired) electrons. The van der Waals surface area contributed by atoms with E-state index in [2.05, 4.69) is 55.2 Å². The Labute approximate surface area is 274 Å². The molecule has 3 fully saturated rings. The second-order valence-electron chi connectivity index (χ2n) is 13.8. The van der Waals surface area contributed by atoms with E-state index in [4.69, 9.17) is 11.6 Å². The number of aryl methyl sites for hydroxylation is 2. The molecule has 4 heteroatoms. The van der Waals surface area contributed by atoms with Crippen LogP contribution in [0.3, 0.4) is 0 Å². The van der Waals surface area contributed by atoms with Crippen molar-refractivity contribution in [3.8, 4) is 0 Å². The minimum Gasteiger partial charge on any atom is -0.375 e. The average molecular weight is 621 g/mol. The van der Waals surface area contributed by atoms with Crippen molar-refractivity contribution >= 4 is 11.6 Å². The molecule has 1 unspecified atom stereocenters. The molecule has 5 rings (SSSR count). The first-order valence-electron chi connectivity index (χ1n) is 17.0. The van der Waals surface area contributed by atoms with Crippen molar-refractivity contribution in [1.29, 1.82) is 0 Å². The lowest BCUT2D eigenvalue weighted by Crippen LogP contribution is -2.46. The molecule has 2 nitrogen and oxygen atoms in total. The Morgan fingerprint density at radius 2 is 1.55 bits per heavy atom. The van der Waals surface area contributed by atoms with Gasteiger partial charge in [0.2, 0.25) is 0 Å². The zero-order valence-electron chi connectivity index (χ0n) is 28.2. The molecule has 0 amide bonds. The monoisotopic (exact) mass is 620 g/mol. The number of hydrogen-bond acceptors (Lipinski definition) is 2. The molecule has 0 aromatic heterocycles. The summed E-state index contributed by atoms with van der Waals surface area (Å²) < 4.78 is 13.8. The van der Waals surface area contributed by atoms with Crippen LogP contribution in [0.5, 0.6) is 0 Å². The van der Waals surface area contributed by atoms with E-state index < -0.39 is 0 Å². The molecular formula is C40H58ClFN2. The van der Waals surface area contributed by atoms with Crippen molar-refractivity contribution in [3.63, 3.8) is 0 Å². The predicted molar refractivity (Wildman–Crippen MR) is 189 cm³/mol. The molecule has 2 atom stereocenters. The predicted octanol–water partition coefficient (Wildman–Crippen LogP) is 11.3. The topological polar surface area (TPSA) is 6.48 Å². The minimum absolute atomic E-state index is 0.0966. The summed E-state index contributed by atoms with van der Waals surface area (Å²) in [5.74, 6) is 1.08. The summed E-state index contributed by atoms with van der Waals surface area (Å²) in [7, 11) is 0. The lowest BCUT2D eigenvalue weighted by atomic mass is 9.81. The van der Waals surface area contributed by atoms with E-state index in [-0.39, 0.29) is 5.82 Å². The summed E-state index contributed by atoms with van der Waals surface area (Å²) in [4.78, 5) is 5.38. The molecule has 1 saturated carbocycles. The number of piperidine rings is 2. The van der Waals surface area contributed by atoms with Gasteiger partial charge in [-0.2, -0.15) is 0 Å². The fourth-order valence-electron chi connectivity index (χ4n) is 7.14.